The zero-order valence-corrected chi connectivity index (χ0v) is 18.5. The van der Waals surface area contributed by atoms with E-state index in [-0.39, 0.29) is 10.8 Å². The van der Waals surface area contributed by atoms with Crippen molar-refractivity contribution < 1.29 is 12.6 Å². The predicted octanol–water partition coefficient (Wildman–Crippen LogP) is 3.51. The maximum atomic E-state index is 11.1. The van der Waals surface area contributed by atoms with Crippen LogP contribution in [0.5, 0.6) is 5.75 Å². The molecule has 8 nitrogen and oxygen atoms in total. The molecule has 0 amide bonds. The van der Waals surface area contributed by atoms with Crippen molar-refractivity contribution in [3.05, 3.63) is 65.2 Å². The maximum absolute atomic E-state index is 11.1. The van der Waals surface area contributed by atoms with Crippen LogP contribution in [-0.2, 0) is 22.3 Å². The zero-order chi connectivity index (χ0) is 21.9. The molecule has 0 fully saturated rings. The molecular weight excluding hydrogens is 446 g/mol. The van der Waals surface area contributed by atoms with Crippen LogP contribution in [0.2, 0.25) is 5.02 Å². The SMILES string of the molecule is CC(C)(C#N)c1cc(Cn2cncn2)cc(Sc2ccc(OS(N)(=O)=O)c(Cl)c2)c1. The Bertz CT molecular complexity index is 1210. The van der Waals surface area contributed by atoms with E-state index in [1.807, 2.05) is 32.0 Å². The molecule has 1 aromatic heterocycles. The van der Waals surface area contributed by atoms with E-state index in [1.165, 1.54) is 24.2 Å². The summed E-state index contributed by atoms with van der Waals surface area (Å²) in [6.45, 7) is 4.21. The number of benzene rings is 2. The van der Waals surface area contributed by atoms with E-state index >= 15 is 0 Å². The van der Waals surface area contributed by atoms with Gasteiger partial charge in [0, 0.05) is 9.79 Å². The predicted molar refractivity (Wildman–Crippen MR) is 114 cm³/mol. The van der Waals surface area contributed by atoms with Crippen molar-refractivity contribution >= 4 is 33.7 Å². The Morgan fingerprint density at radius 1 is 1.27 bits per heavy atom. The Labute approximate surface area is 183 Å². The minimum absolute atomic E-state index is 0.0465. The van der Waals surface area contributed by atoms with E-state index in [1.54, 1.807) is 23.1 Å². The van der Waals surface area contributed by atoms with Crippen LogP contribution in [0.1, 0.15) is 25.0 Å². The van der Waals surface area contributed by atoms with Gasteiger partial charge in [0.05, 0.1) is 23.1 Å². The molecule has 156 valence electrons. The summed E-state index contributed by atoms with van der Waals surface area (Å²) >= 11 is 7.55. The lowest BCUT2D eigenvalue weighted by Crippen LogP contribution is -2.19. The lowest BCUT2D eigenvalue weighted by Gasteiger charge is -2.19. The number of nitrogens with two attached hydrogens (primary N) is 1. The Morgan fingerprint density at radius 3 is 2.63 bits per heavy atom. The van der Waals surface area contributed by atoms with Crippen LogP contribution >= 0.6 is 23.4 Å². The third kappa shape index (κ3) is 5.73. The van der Waals surface area contributed by atoms with Gasteiger partial charge in [-0.05, 0) is 55.3 Å². The van der Waals surface area contributed by atoms with Crippen molar-refractivity contribution in [3.8, 4) is 11.8 Å². The highest BCUT2D eigenvalue weighted by molar-refractivity contribution is 7.99. The Morgan fingerprint density at radius 2 is 2.03 bits per heavy atom. The molecule has 0 saturated heterocycles. The van der Waals surface area contributed by atoms with Crippen LogP contribution in [-0.4, -0.2) is 23.2 Å². The van der Waals surface area contributed by atoms with Gasteiger partial charge >= 0.3 is 10.3 Å². The highest BCUT2D eigenvalue weighted by atomic mass is 35.5. The smallest absolute Gasteiger partial charge is 0.369 e. The second kappa shape index (κ2) is 8.65. The summed E-state index contributed by atoms with van der Waals surface area (Å²) in [4.78, 5) is 5.61. The first-order valence-corrected chi connectivity index (χ1v) is 11.3. The lowest BCUT2D eigenvalue weighted by atomic mass is 9.85. The number of nitrogens with zero attached hydrogens (tertiary/aromatic N) is 4. The highest BCUT2D eigenvalue weighted by Gasteiger charge is 2.21. The first-order chi connectivity index (χ1) is 14.1. The highest BCUT2D eigenvalue weighted by Crippen LogP contribution is 2.36. The fourth-order valence-corrected chi connectivity index (χ4v) is 4.32. The van der Waals surface area contributed by atoms with E-state index < -0.39 is 15.7 Å². The summed E-state index contributed by atoms with van der Waals surface area (Å²) in [7, 11) is -4.16. The summed E-state index contributed by atoms with van der Waals surface area (Å²) in [6, 6.07) is 12.9. The normalized spacial score (nSPS) is 11.8. The minimum Gasteiger partial charge on any atom is -0.369 e. The number of hydrogen-bond donors (Lipinski definition) is 1. The van der Waals surface area contributed by atoms with Crippen molar-refractivity contribution in [2.75, 3.05) is 0 Å². The Balaban J connectivity index is 1.94. The summed E-state index contributed by atoms with van der Waals surface area (Å²) in [6.07, 6.45) is 3.09. The molecule has 1 heterocycles. The largest absolute Gasteiger partial charge is 0.380 e. The molecule has 0 aliphatic carbocycles. The van der Waals surface area contributed by atoms with Gasteiger partial charge in [-0.25, -0.2) is 9.67 Å². The average molecular weight is 464 g/mol. The van der Waals surface area contributed by atoms with Crippen molar-refractivity contribution in [1.29, 1.82) is 5.26 Å². The van der Waals surface area contributed by atoms with Gasteiger partial charge in [0.15, 0.2) is 5.75 Å². The Hall–Kier alpha value is -2.58. The molecule has 0 saturated carbocycles. The van der Waals surface area contributed by atoms with E-state index in [4.69, 9.17) is 16.7 Å². The third-order valence-corrected chi connectivity index (χ3v) is 5.79. The van der Waals surface area contributed by atoms with E-state index in [9.17, 15) is 13.7 Å². The van der Waals surface area contributed by atoms with E-state index in [2.05, 4.69) is 20.3 Å². The second-order valence-corrected chi connectivity index (χ2v) is 9.67. The first kappa shape index (κ1) is 22.1. The number of nitriles is 1. The molecule has 2 aromatic carbocycles. The quantitative estimate of drug-likeness (QED) is 0.568. The van der Waals surface area contributed by atoms with Crippen LogP contribution in [0, 0.1) is 11.3 Å². The molecule has 3 rings (SSSR count). The zero-order valence-electron chi connectivity index (χ0n) is 16.1. The van der Waals surface area contributed by atoms with Gasteiger partial charge < -0.3 is 4.18 Å². The van der Waals surface area contributed by atoms with Gasteiger partial charge in [-0.15, -0.1) is 0 Å². The average Bonchev–Trinajstić information content (AvgIpc) is 3.16. The summed E-state index contributed by atoms with van der Waals surface area (Å²) < 4.78 is 28.6. The van der Waals surface area contributed by atoms with Gasteiger partial charge in [0.2, 0.25) is 0 Å². The molecule has 30 heavy (non-hydrogen) atoms. The summed E-state index contributed by atoms with van der Waals surface area (Å²) in [5.41, 5.74) is 1.15. The molecule has 3 aromatic rings. The van der Waals surface area contributed by atoms with Gasteiger partial charge in [-0.1, -0.05) is 29.4 Å². The summed E-state index contributed by atoms with van der Waals surface area (Å²) in [5, 5.41) is 18.7. The molecule has 0 atom stereocenters. The number of rotatable bonds is 7. The Kier molecular flexibility index (Phi) is 6.38. The molecule has 2 N–H and O–H groups in total. The van der Waals surface area contributed by atoms with Crippen LogP contribution in [0.4, 0.5) is 0 Å². The number of hydrogen-bond acceptors (Lipinski definition) is 7. The van der Waals surface area contributed by atoms with Crippen molar-refractivity contribution in [1.82, 2.24) is 14.8 Å². The van der Waals surface area contributed by atoms with Crippen molar-refractivity contribution in [3.63, 3.8) is 0 Å². The maximum Gasteiger partial charge on any atom is 0.380 e. The van der Waals surface area contributed by atoms with Crippen LogP contribution < -0.4 is 9.32 Å². The number of halogens is 1. The van der Waals surface area contributed by atoms with Gasteiger partial charge in [-0.2, -0.15) is 23.9 Å². The van der Waals surface area contributed by atoms with Crippen molar-refractivity contribution in [2.45, 2.75) is 35.6 Å². The van der Waals surface area contributed by atoms with E-state index in [0.717, 1.165) is 20.9 Å². The third-order valence-electron chi connectivity index (χ3n) is 4.12. The van der Waals surface area contributed by atoms with Gasteiger partial charge in [0.25, 0.3) is 0 Å². The van der Waals surface area contributed by atoms with Crippen LogP contribution in [0.3, 0.4) is 0 Å². The topological polar surface area (TPSA) is 124 Å². The summed E-state index contributed by atoms with van der Waals surface area (Å²) in [5.74, 6) is -0.0465. The molecule has 11 heteroatoms. The monoisotopic (exact) mass is 463 g/mol. The first-order valence-electron chi connectivity index (χ1n) is 8.63. The van der Waals surface area contributed by atoms with Crippen LogP contribution in [0.15, 0.2) is 58.8 Å². The van der Waals surface area contributed by atoms with Gasteiger partial charge in [0.1, 0.15) is 12.7 Å². The lowest BCUT2D eigenvalue weighted by molar-refractivity contribution is 0.487. The van der Waals surface area contributed by atoms with E-state index in [0.29, 0.717) is 6.54 Å². The fourth-order valence-electron chi connectivity index (χ4n) is 2.61. The molecule has 0 aliphatic rings. The molecule has 0 bridgehead atoms. The molecule has 0 spiro atoms. The standard InChI is InChI=1S/C19H18ClN5O3S2/c1-19(2,10-21)14-5-13(9-25-12-23-11-24-25)6-16(7-14)29-15-3-4-18(17(20)8-15)28-30(22,26)27/h3-8,11-12H,9H2,1-2H3,(H2,22,26,27). The minimum atomic E-state index is -4.16. The molecule has 0 aliphatic heterocycles. The molecular formula is C19H18ClN5O3S2. The number of aromatic nitrogens is 3. The second-order valence-electron chi connectivity index (χ2n) is 6.97. The molecule has 0 radical (unpaired) electrons. The fraction of sp³-hybridized carbons (Fsp3) is 0.211. The van der Waals surface area contributed by atoms with Crippen molar-refractivity contribution in [2.24, 2.45) is 5.14 Å². The van der Waals surface area contributed by atoms with Gasteiger partial charge in [-0.3, -0.25) is 0 Å². The van der Waals surface area contributed by atoms with Crippen LogP contribution in [0.25, 0.3) is 0 Å². The molecule has 0 unspecified atom stereocenters.